The summed E-state index contributed by atoms with van der Waals surface area (Å²) >= 11 is 1.05. The molecule has 7 heteroatoms. The highest BCUT2D eigenvalue weighted by molar-refractivity contribution is 7.15. The van der Waals surface area contributed by atoms with E-state index >= 15 is 0 Å². The lowest BCUT2D eigenvalue weighted by molar-refractivity contribution is -0.124. The maximum Gasteiger partial charge on any atom is 0.348 e. The van der Waals surface area contributed by atoms with Crippen LogP contribution in [0.15, 0.2) is 12.1 Å². The topological polar surface area (TPSA) is 81.7 Å². The van der Waals surface area contributed by atoms with Crippen molar-refractivity contribution < 1.29 is 23.9 Å². The zero-order valence-corrected chi connectivity index (χ0v) is 11.5. The van der Waals surface area contributed by atoms with Crippen molar-refractivity contribution in [3.05, 3.63) is 21.9 Å². The Morgan fingerprint density at radius 1 is 1.26 bits per heavy atom. The van der Waals surface area contributed by atoms with E-state index in [1.165, 1.54) is 20.1 Å². The summed E-state index contributed by atoms with van der Waals surface area (Å²) in [5, 5.41) is 2.52. The van der Waals surface area contributed by atoms with E-state index < -0.39 is 11.9 Å². The molecule has 0 aliphatic carbocycles. The van der Waals surface area contributed by atoms with Crippen molar-refractivity contribution in [2.75, 3.05) is 26.9 Å². The van der Waals surface area contributed by atoms with Crippen molar-refractivity contribution in [1.29, 1.82) is 0 Å². The monoisotopic (exact) mass is 285 g/mol. The fourth-order valence-electron chi connectivity index (χ4n) is 1.18. The fourth-order valence-corrected chi connectivity index (χ4v) is 1.98. The highest BCUT2D eigenvalue weighted by atomic mass is 32.1. The summed E-state index contributed by atoms with van der Waals surface area (Å²) in [5.41, 5.74) is 0. The van der Waals surface area contributed by atoms with Crippen molar-refractivity contribution in [3.63, 3.8) is 0 Å². The zero-order chi connectivity index (χ0) is 14.3. The lowest BCUT2D eigenvalue weighted by Crippen LogP contribution is -2.31. The Morgan fingerprint density at radius 2 is 1.95 bits per heavy atom. The summed E-state index contributed by atoms with van der Waals surface area (Å²) in [6, 6.07) is 3.06. The van der Waals surface area contributed by atoms with Gasteiger partial charge in [-0.3, -0.25) is 9.59 Å². The van der Waals surface area contributed by atoms with Crippen LogP contribution in [0.5, 0.6) is 0 Å². The predicted octanol–water partition coefficient (Wildman–Crippen LogP) is 0.870. The number of carbonyl (C=O) groups excluding carboxylic acids is 3. The molecule has 19 heavy (non-hydrogen) atoms. The normalized spacial score (nSPS) is 10.0. The number of hydrogen-bond acceptors (Lipinski definition) is 6. The second-order valence-electron chi connectivity index (χ2n) is 3.64. The number of nitrogens with one attached hydrogen (secondary N) is 1. The molecule has 1 N–H and O–H groups in total. The Kier molecular flexibility index (Phi) is 6.17. The van der Waals surface area contributed by atoms with E-state index in [1.54, 1.807) is 6.07 Å². The van der Waals surface area contributed by atoms with E-state index in [1.807, 2.05) is 0 Å². The van der Waals surface area contributed by atoms with Crippen LogP contribution in [-0.2, 0) is 14.3 Å². The van der Waals surface area contributed by atoms with Gasteiger partial charge in [0, 0.05) is 13.7 Å². The molecule has 0 aromatic carbocycles. The molecule has 1 aromatic rings. The third kappa shape index (κ3) is 5.19. The molecule has 0 unspecified atom stereocenters. The van der Waals surface area contributed by atoms with Gasteiger partial charge in [-0.1, -0.05) is 0 Å². The lowest BCUT2D eigenvalue weighted by atomic mass is 10.3. The number of ether oxygens (including phenoxy) is 2. The van der Waals surface area contributed by atoms with Crippen molar-refractivity contribution in [3.8, 4) is 0 Å². The van der Waals surface area contributed by atoms with E-state index in [0.717, 1.165) is 11.3 Å². The van der Waals surface area contributed by atoms with E-state index in [4.69, 9.17) is 9.47 Å². The Morgan fingerprint density at radius 3 is 2.53 bits per heavy atom. The number of thiophene rings is 1. The standard InChI is InChI=1S/C12H15NO5S/c1-8(14)9-3-4-10(19-9)12(16)18-7-11(15)13-5-6-17-2/h3-4H,5-7H2,1-2H3,(H,13,15). The first-order chi connectivity index (χ1) is 9.04. The Hall–Kier alpha value is -1.73. The number of amides is 1. The van der Waals surface area contributed by atoms with Gasteiger partial charge in [-0.05, 0) is 19.1 Å². The van der Waals surface area contributed by atoms with Gasteiger partial charge < -0.3 is 14.8 Å². The predicted molar refractivity (Wildman–Crippen MR) is 69.5 cm³/mol. The largest absolute Gasteiger partial charge is 0.451 e. The molecule has 1 amide bonds. The SMILES string of the molecule is COCCNC(=O)COC(=O)c1ccc(C(C)=O)s1. The molecule has 1 heterocycles. The number of rotatable bonds is 7. The van der Waals surface area contributed by atoms with Crippen LogP contribution in [0.3, 0.4) is 0 Å². The summed E-state index contributed by atoms with van der Waals surface area (Å²) in [5.74, 6) is -1.12. The maximum atomic E-state index is 11.6. The third-order valence-corrected chi connectivity index (χ3v) is 3.28. The molecule has 0 bridgehead atoms. The van der Waals surface area contributed by atoms with Crippen LogP contribution < -0.4 is 5.32 Å². The lowest BCUT2D eigenvalue weighted by Gasteiger charge is -2.04. The molecule has 0 aliphatic heterocycles. The van der Waals surface area contributed by atoms with Gasteiger partial charge in [-0.25, -0.2) is 4.79 Å². The van der Waals surface area contributed by atoms with E-state index in [0.29, 0.717) is 22.9 Å². The van der Waals surface area contributed by atoms with Crippen molar-refractivity contribution in [1.82, 2.24) is 5.32 Å². The molecule has 0 aliphatic rings. The molecule has 0 radical (unpaired) electrons. The quantitative estimate of drug-likeness (QED) is 0.457. The average molecular weight is 285 g/mol. The van der Waals surface area contributed by atoms with Gasteiger partial charge in [0.2, 0.25) is 0 Å². The number of hydrogen-bond donors (Lipinski definition) is 1. The molecule has 1 aromatic heterocycles. The highest BCUT2D eigenvalue weighted by Crippen LogP contribution is 2.17. The van der Waals surface area contributed by atoms with E-state index in [9.17, 15) is 14.4 Å². The van der Waals surface area contributed by atoms with Gasteiger partial charge in [-0.15, -0.1) is 11.3 Å². The van der Waals surface area contributed by atoms with E-state index in [-0.39, 0.29) is 12.4 Å². The number of esters is 1. The summed E-state index contributed by atoms with van der Waals surface area (Å²) in [7, 11) is 1.52. The molecule has 0 spiro atoms. The van der Waals surface area contributed by atoms with Crippen LogP contribution in [0.25, 0.3) is 0 Å². The summed E-state index contributed by atoms with van der Waals surface area (Å²) in [4.78, 5) is 34.7. The van der Waals surface area contributed by atoms with Gasteiger partial charge in [0.25, 0.3) is 5.91 Å². The van der Waals surface area contributed by atoms with Crippen LogP contribution in [0.1, 0.15) is 26.3 Å². The number of carbonyl (C=O) groups is 3. The third-order valence-electron chi connectivity index (χ3n) is 2.12. The number of Topliss-reactive ketones (excluding diaryl/α,β-unsaturated/α-hetero) is 1. The van der Waals surface area contributed by atoms with Crippen LogP contribution in [0.4, 0.5) is 0 Å². The fraction of sp³-hybridized carbons (Fsp3) is 0.417. The Balaban J connectivity index is 2.38. The number of ketones is 1. The summed E-state index contributed by atoms with van der Waals surface area (Å²) in [6.07, 6.45) is 0. The number of methoxy groups -OCH3 is 1. The van der Waals surface area contributed by atoms with Gasteiger partial charge in [-0.2, -0.15) is 0 Å². The van der Waals surface area contributed by atoms with Crippen molar-refractivity contribution in [2.45, 2.75) is 6.92 Å². The van der Waals surface area contributed by atoms with Crippen molar-refractivity contribution >= 4 is 29.0 Å². The molecule has 0 fully saturated rings. The molecular weight excluding hydrogens is 270 g/mol. The van der Waals surface area contributed by atoms with Crippen molar-refractivity contribution in [2.24, 2.45) is 0 Å². The molecule has 0 saturated heterocycles. The maximum absolute atomic E-state index is 11.6. The van der Waals surface area contributed by atoms with E-state index in [2.05, 4.69) is 5.32 Å². The van der Waals surface area contributed by atoms with Crippen LogP contribution in [-0.4, -0.2) is 44.5 Å². The molecule has 104 valence electrons. The van der Waals surface area contributed by atoms with Gasteiger partial charge in [0.1, 0.15) is 4.88 Å². The minimum absolute atomic E-state index is 0.110. The Bertz CT molecular complexity index is 468. The minimum atomic E-state index is -0.612. The second kappa shape index (κ2) is 7.65. The van der Waals surface area contributed by atoms with Gasteiger partial charge in [0.15, 0.2) is 12.4 Å². The molecule has 1 rings (SSSR count). The first-order valence-corrected chi connectivity index (χ1v) is 6.39. The highest BCUT2D eigenvalue weighted by Gasteiger charge is 2.14. The van der Waals surface area contributed by atoms with Gasteiger partial charge >= 0.3 is 5.97 Å². The van der Waals surface area contributed by atoms with Crippen LogP contribution in [0, 0.1) is 0 Å². The second-order valence-corrected chi connectivity index (χ2v) is 4.72. The van der Waals surface area contributed by atoms with Crippen LogP contribution in [0.2, 0.25) is 0 Å². The Labute approximate surface area is 114 Å². The first kappa shape index (κ1) is 15.3. The summed E-state index contributed by atoms with van der Waals surface area (Å²) in [6.45, 7) is 1.83. The average Bonchev–Trinajstić information content (AvgIpc) is 2.86. The first-order valence-electron chi connectivity index (χ1n) is 5.58. The molecule has 0 atom stereocenters. The smallest absolute Gasteiger partial charge is 0.348 e. The van der Waals surface area contributed by atoms with Gasteiger partial charge in [0.05, 0.1) is 11.5 Å². The molecule has 0 saturated carbocycles. The minimum Gasteiger partial charge on any atom is -0.451 e. The molecular formula is C12H15NO5S. The van der Waals surface area contributed by atoms with Crippen LogP contribution >= 0.6 is 11.3 Å². The summed E-state index contributed by atoms with van der Waals surface area (Å²) < 4.78 is 9.58. The zero-order valence-electron chi connectivity index (χ0n) is 10.7. The molecule has 6 nitrogen and oxygen atoms in total.